The van der Waals surface area contributed by atoms with Crippen LogP contribution >= 0.6 is 0 Å². The second kappa shape index (κ2) is 7.28. The second-order valence-corrected chi connectivity index (χ2v) is 6.55. The first-order valence-electron chi connectivity index (χ1n) is 8.38. The molecule has 4 nitrogen and oxygen atoms in total. The highest BCUT2D eigenvalue weighted by molar-refractivity contribution is 5.21. The fourth-order valence-corrected chi connectivity index (χ4v) is 3.60. The highest BCUT2D eigenvalue weighted by Gasteiger charge is 2.30. The molecular weight excluding hydrogens is 288 g/mol. The number of aromatic nitrogens is 1. The number of ether oxygens (including phenoxy) is 1. The number of rotatable bonds is 5. The summed E-state index contributed by atoms with van der Waals surface area (Å²) in [6.45, 7) is 7.06. The molecular formula is C19H26N2O2. The van der Waals surface area contributed by atoms with Gasteiger partial charge in [-0.05, 0) is 32.3 Å². The molecule has 0 spiro atoms. The van der Waals surface area contributed by atoms with Crippen LogP contribution in [0.4, 0.5) is 0 Å². The molecule has 1 aliphatic rings. The minimum absolute atomic E-state index is 0.344. The quantitative estimate of drug-likeness (QED) is 0.848. The largest absolute Gasteiger partial charge is 0.381 e. The number of likely N-dealkylation sites (tertiary alicyclic amines) is 1. The second-order valence-electron chi connectivity index (χ2n) is 6.55. The molecule has 2 aromatic rings. The lowest BCUT2D eigenvalue weighted by Gasteiger charge is -2.38. The van der Waals surface area contributed by atoms with Gasteiger partial charge in [-0.3, -0.25) is 4.90 Å². The first-order chi connectivity index (χ1) is 11.2. The van der Waals surface area contributed by atoms with Crippen molar-refractivity contribution in [2.24, 2.45) is 5.92 Å². The van der Waals surface area contributed by atoms with Crippen molar-refractivity contribution < 1.29 is 9.26 Å². The third-order valence-corrected chi connectivity index (χ3v) is 4.95. The lowest BCUT2D eigenvalue weighted by atomic mass is 9.88. The van der Waals surface area contributed by atoms with Crippen molar-refractivity contribution in [2.75, 3.05) is 20.2 Å². The van der Waals surface area contributed by atoms with Crippen LogP contribution in [0.25, 0.3) is 0 Å². The number of aryl methyl sites for hydroxylation is 2. The van der Waals surface area contributed by atoms with Crippen LogP contribution in [0.15, 0.2) is 34.9 Å². The first-order valence-corrected chi connectivity index (χ1v) is 8.38. The molecule has 3 rings (SSSR count). The van der Waals surface area contributed by atoms with Crippen molar-refractivity contribution in [1.29, 1.82) is 0 Å². The van der Waals surface area contributed by atoms with E-state index in [4.69, 9.17) is 9.26 Å². The molecule has 0 radical (unpaired) electrons. The Labute approximate surface area is 138 Å². The lowest BCUT2D eigenvalue weighted by Crippen LogP contribution is -2.44. The maximum Gasteiger partial charge on any atom is 0.138 e. The fourth-order valence-electron chi connectivity index (χ4n) is 3.60. The van der Waals surface area contributed by atoms with Gasteiger partial charge in [-0.15, -0.1) is 0 Å². The van der Waals surface area contributed by atoms with Crippen LogP contribution in [0.5, 0.6) is 0 Å². The van der Waals surface area contributed by atoms with E-state index in [1.165, 1.54) is 11.1 Å². The minimum atomic E-state index is 0.344. The molecule has 23 heavy (non-hydrogen) atoms. The van der Waals surface area contributed by atoms with Crippen LogP contribution in [-0.2, 0) is 17.7 Å². The monoisotopic (exact) mass is 314 g/mol. The summed E-state index contributed by atoms with van der Waals surface area (Å²) in [6.07, 6.45) is 2.49. The smallest absolute Gasteiger partial charge is 0.138 e. The van der Waals surface area contributed by atoms with Gasteiger partial charge in [-0.1, -0.05) is 35.5 Å². The van der Waals surface area contributed by atoms with Crippen LogP contribution in [0, 0.1) is 19.8 Å². The normalized spacial score (nSPS) is 22.4. The van der Waals surface area contributed by atoms with Gasteiger partial charge in [0.1, 0.15) is 5.76 Å². The highest BCUT2D eigenvalue weighted by Crippen LogP contribution is 2.26. The van der Waals surface area contributed by atoms with E-state index in [0.717, 1.165) is 43.9 Å². The van der Waals surface area contributed by atoms with E-state index in [-0.39, 0.29) is 0 Å². The van der Waals surface area contributed by atoms with Crippen molar-refractivity contribution in [1.82, 2.24) is 10.1 Å². The van der Waals surface area contributed by atoms with Gasteiger partial charge in [0, 0.05) is 38.2 Å². The maximum absolute atomic E-state index is 5.75. The Morgan fingerprint density at radius 1 is 1.26 bits per heavy atom. The molecule has 0 N–H and O–H groups in total. The van der Waals surface area contributed by atoms with Crippen molar-refractivity contribution >= 4 is 0 Å². The molecule has 1 aliphatic heterocycles. The zero-order valence-corrected chi connectivity index (χ0v) is 14.3. The Balaban J connectivity index is 1.68. The molecule has 2 heterocycles. The summed E-state index contributed by atoms with van der Waals surface area (Å²) in [5.74, 6) is 1.47. The molecule has 0 unspecified atom stereocenters. The van der Waals surface area contributed by atoms with Crippen LogP contribution in [-0.4, -0.2) is 36.4 Å². The lowest BCUT2D eigenvalue weighted by molar-refractivity contribution is -0.00860. The Morgan fingerprint density at radius 2 is 2.04 bits per heavy atom. The third-order valence-electron chi connectivity index (χ3n) is 4.95. The van der Waals surface area contributed by atoms with Gasteiger partial charge in [-0.2, -0.15) is 0 Å². The van der Waals surface area contributed by atoms with Crippen LogP contribution in [0.2, 0.25) is 0 Å². The number of hydrogen-bond donors (Lipinski definition) is 0. The Hall–Kier alpha value is -1.65. The zero-order valence-electron chi connectivity index (χ0n) is 14.3. The van der Waals surface area contributed by atoms with Crippen LogP contribution < -0.4 is 0 Å². The number of benzene rings is 1. The zero-order chi connectivity index (χ0) is 16.2. The Kier molecular flexibility index (Phi) is 5.13. The molecule has 0 saturated carbocycles. The van der Waals surface area contributed by atoms with Crippen molar-refractivity contribution in [3.8, 4) is 0 Å². The first kappa shape index (κ1) is 16.2. The molecule has 1 fully saturated rings. The van der Waals surface area contributed by atoms with Gasteiger partial charge in [-0.25, -0.2) is 0 Å². The van der Waals surface area contributed by atoms with Gasteiger partial charge in [0.15, 0.2) is 0 Å². The standard InChI is InChI=1S/C19H26N2O2/c1-14-18(15(2)23-20-14)13-21-10-9-19(22-3)17(12-21)11-16-7-5-4-6-8-16/h4-8,17,19H,9-13H2,1-3H3/t17-,19-/m0/s1. The van der Waals surface area contributed by atoms with E-state index >= 15 is 0 Å². The third kappa shape index (κ3) is 3.82. The maximum atomic E-state index is 5.75. The summed E-state index contributed by atoms with van der Waals surface area (Å²) in [6, 6.07) is 10.7. The molecule has 1 aromatic heterocycles. The van der Waals surface area contributed by atoms with E-state index < -0.39 is 0 Å². The average molecular weight is 314 g/mol. The molecule has 4 heteroatoms. The van der Waals surface area contributed by atoms with E-state index in [2.05, 4.69) is 40.4 Å². The van der Waals surface area contributed by atoms with E-state index in [1.54, 1.807) is 0 Å². The minimum Gasteiger partial charge on any atom is -0.381 e. The topological polar surface area (TPSA) is 38.5 Å². The Bertz CT molecular complexity index is 604. The van der Waals surface area contributed by atoms with E-state index in [1.807, 2.05) is 21.0 Å². The number of hydrogen-bond acceptors (Lipinski definition) is 4. The molecule has 2 atom stereocenters. The summed E-state index contributed by atoms with van der Waals surface area (Å²) in [5.41, 5.74) is 3.63. The van der Waals surface area contributed by atoms with Crippen molar-refractivity contribution in [2.45, 2.75) is 39.3 Å². The molecule has 1 saturated heterocycles. The predicted octanol–water partition coefficient (Wildman–Crippen LogP) is 3.37. The number of nitrogens with zero attached hydrogens (tertiary/aromatic N) is 2. The van der Waals surface area contributed by atoms with E-state index in [0.29, 0.717) is 12.0 Å². The SMILES string of the molecule is CO[C@H]1CCN(Cc2c(C)noc2C)C[C@@H]1Cc1ccccc1. The van der Waals surface area contributed by atoms with Gasteiger partial charge in [0.05, 0.1) is 11.8 Å². The van der Waals surface area contributed by atoms with Crippen LogP contribution in [0.1, 0.15) is 29.0 Å². The van der Waals surface area contributed by atoms with E-state index in [9.17, 15) is 0 Å². The number of methoxy groups -OCH3 is 1. The molecule has 0 amide bonds. The predicted molar refractivity (Wildman–Crippen MR) is 90.3 cm³/mol. The average Bonchev–Trinajstić information content (AvgIpc) is 2.88. The molecule has 124 valence electrons. The van der Waals surface area contributed by atoms with Gasteiger partial charge in [0.25, 0.3) is 0 Å². The van der Waals surface area contributed by atoms with Crippen LogP contribution in [0.3, 0.4) is 0 Å². The highest BCUT2D eigenvalue weighted by atomic mass is 16.5. The van der Waals surface area contributed by atoms with Gasteiger partial charge >= 0.3 is 0 Å². The Morgan fingerprint density at radius 3 is 2.70 bits per heavy atom. The van der Waals surface area contributed by atoms with Gasteiger partial charge < -0.3 is 9.26 Å². The fraction of sp³-hybridized carbons (Fsp3) is 0.526. The summed E-state index contributed by atoms with van der Waals surface area (Å²) < 4.78 is 11.0. The summed E-state index contributed by atoms with van der Waals surface area (Å²) in [7, 11) is 1.84. The molecule has 1 aromatic carbocycles. The summed E-state index contributed by atoms with van der Waals surface area (Å²) in [4.78, 5) is 2.51. The molecule has 0 aliphatic carbocycles. The molecule has 0 bridgehead atoms. The van der Waals surface area contributed by atoms with Crippen molar-refractivity contribution in [3.05, 3.63) is 52.9 Å². The summed E-state index contributed by atoms with van der Waals surface area (Å²) >= 11 is 0. The number of piperidine rings is 1. The van der Waals surface area contributed by atoms with Gasteiger partial charge in [0.2, 0.25) is 0 Å². The van der Waals surface area contributed by atoms with Crippen molar-refractivity contribution in [3.63, 3.8) is 0 Å². The summed E-state index contributed by atoms with van der Waals surface area (Å²) in [5, 5.41) is 4.07.